The van der Waals surface area contributed by atoms with E-state index >= 15 is 0 Å². The van der Waals surface area contributed by atoms with Gasteiger partial charge < -0.3 is 14.8 Å². The van der Waals surface area contributed by atoms with Gasteiger partial charge in [-0.25, -0.2) is 0 Å². The van der Waals surface area contributed by atoms with Crippen LogP contribution in [0.25, 0.3) is 0 Å². The molecule has 0 radical (unpaired) electrons. The van der Waals surface area contributed by atoms with Crippen molar-refractivity contribution in [3.05, 3.63) is 54.0 Å². The Morgan fingerprint density at radius 3 is 2.73 bits per heavy atom. The molecular weight excluding hydrogens is 190 g/mol. The summed E-state index contributed by atoms with van der Waals surface area (Å²) in [5, 5.41) is 12.3. The summed E-state index contributed by atoms with van der Waals surface area (Å²) in [4.78, 5) is 0. The molecule has 2 rings (SSSR count). The fourth-order valence-electron chi connectivity index (χ4n) is 1.43. The molecule has 15 heavy (non-hydrogen) atoms. The number of rotatable bonds is 4. The third kappa shape index (κ3) is 2.39. The zero-order chi connectivity index (χ0) is 10.5. The summed E-state index contributed by atoms with van der Waals surface area (Å²) in [7, 11) is 0. The topological polar surface area (TPSA) is 45.4 Å². The second-order valence-electron chi connectivity index (χ2n) is 3.25. The first-order valence-corrected chi connectivity index (χ1v) is 4.85. The van der Waals surface area contributed by atoms with E-state index in [1.54, 1.807) is 6.26 Å². The van der Waals surface area contributed by atoms with Gasteiger partial charge in [0.15, 0.2) is 0 Å². The van der Waals surface area contributed by atoms with Gasteiger partial charge in [0.05, 0.1) is 19.4 Å². The van der Waals surface area contributed by atoms with E-state index in [0.29, 0.717) is 6.54 Å². The van der Waals surface area contributed by atoms with Gasteiger partial charge in [-0.2, -0.15) is 0 Å². The lowest BCUT2D eigenvalue weighted by molar-refractivity contribution is 0.282. The van der Waals surface area contributed by atoms with E-state index < -0.39 is 0 Å². The number of aliphatic hydroxyl groups excluding tert-OH is 1. The van der Waals surface area contributed by atoms with E-state index in [2.05, 4.69) is 5.32 Å². The maximum absolute atomic E-state index is 9.11. The van der Waals surface area contributed by atoms with Crippen molar-refractivity contribution in [3.8, 4) is 0 Å². The van der Waals surface area contributed by atoms with Crippen molar-refractivity contribution in [3.63, 3.8) is 0 Å². The van der Waals surface area contributed by atoms with Gasteiger partial charge in [-0.15, -0.1) is 0 Å². The van der Waals surface area contributed by atoms with E-state index in [1.807, 2.05) is 36.4 Å². The maximum atomic E-state index is 9.11. The second kappa shape index (κ2) is 4.66. The third-order valence-electron chi connectivity index (χ3n) is 2.22. The zero-order valence-electron chi connectivity index (χ0n) is 8.31. The lowest BCUT2D eigenvalue weighted by atomic mass is 10.2. The Labute approximate surface area is 88.4 Å². The van der Waals surface area contributed by atoms with Gasteiger partial charge in [0, 0.05) is 11.3 Å². The molecule has 1 aromatic heterocycles. The molecule has 0 aliphatic carbocycles. The fourth-order valence-corrected chi connectivity index (χ4v) is 1.43. The van der Waals surface area contributed by atoms with Crippen LogP contribution in [0.15, 0.2) is 47.1 Å². The van der Waals surface area contributed by atoms with Gasteiger partial charge in [0.2, 0.25) is 0 Å². The average molecular weight is 203 g/mol. The van der Waals surface area contributed by atoms with E-state index in [-0.39, 0.29) is 6.61 Å². The van der Waals surface area contributed by atoms with Crippen LogP contribution in [-0.4, -0.2) is 5.11 Å². The highest BCUT2D eigenvalue weighted by Gasteiger charge is 2.00. The lowest BCUT2D eigenvalue weighted by Crippen LogP contribution is -2.01. The van der Waals surface area contributed by atoms with Gasteiger partial charge in [-0.05, 0) is 18.2 Å². The normalized spacial score (nSPS) is 10.2. The number of hydrogen-bond acceptors (Lipinski definition) is 3. The van der Waals surface area contributed by atoms with Crippen molar-refractivity contribution >= 4 is 5.69 Å². The molecule has 3 nitrogen and oxygen atoms in total. The van der Waals surface area contributed by atoms with Crippen LogP contribution in [0.4, 0.5) is 5.69 Å². The summed E-state index contributed by atoms with van der Waals surface area (Å²) >= 11 is 0. The number of aliphatic hydroxyl groups is 1. The van der Waals surface area contributed by atoms with Gasteiger partial charge >= 0.3 is 0 Å². The van der Waals surface area contributed by atoms with Crippen LogP contribution in [0.5, 0.6) is 0 Å². The summed E-state index contributed by atoms with van der Waals surface area (Å²) in [5.74, 6) is 0.878. The summed E-state index contributed by atoms with van der Waals surface area (Å²) in [6.45, 7) is 0.672. The van der Waals surface area contributed by atoms with E-state index in [9.17, 15) is 0 Å². The Bertz CT molecular complexity index is 409. The summed E-state index contributed by atoms with van der Waals surface area (Å²) in [6, 6.07) is 11.4. The number of furan rings is 1. The first-order valence-electron chi connectivity index (χ1n) is 4.85. The van der Waals surface area contributed by atoms with E-state index in [1.165, 1.54) is 0 Å². The molecule has 0 aliphatic rings. The van der Waals surface area contributed by atoms with Crippen molar-refractivity contribution in [2.24, 2.45) is 0 Å². The smallest absolute Gasteiger partial charge is 0.122 e. The van der Waals surface area contributed by atoms with Crippen LogP contribution in [0.1, 0.15) is 11.3 Å². The number of nitrogens with one attached hydrogen (secondary N) is 1. The van der Waals surface area contributed by atoms with Crippen molar-refractivity contribution in [2.45, 2.75) is 13.2 Å². The SMILES string of the molecule is OCc1ccccc1NCc1ccco1. The molecule has 0 amide bonds. The van der Waals surface area contributed by atoms with Gasteiger partial charge in [0.1, 0.15) is 5.76 Å². The fraction of sp³-hybridized carbons (Fsp3) is 0.167. The molecule has 0 fully saturated rings. The molecule has 0 spiro atoms. The number of benzene rings is 1. The van der Waals surface area contributed by atoms with Crippen LogP contribution in [0.2, 0.25) is 0 Å². The minimum absolute atomic E-state index is 0.0430. The average Bonchev–Trinajstić information content (AvgIpc) is 2.79. The number of anilines is 1. The van der Waals surface area contributed by atoms with Crippen LogP contribution in [0, 0.1) is 0 Å². The monoisotopic (exact) mass is 203 g/mol. The first-order chi connectivity index (χ1) is 7.40. The van der Waals surface area contributed by atoms with Crippen LogP contribution in [-0.2, 0) is 13.2 Å². The first kappa shape index (κ1) is 9.80. The number of hydrogen-bond donors (Lipinski definition) is 2. The molecule has 0 bridgehead atoms. The quantitative estimate of drug-likeness (QED) is 0.802. The molecule has 0 unspecified atom stereocenters. The Morgan fingerprint density at radius 2 is 2.00 bits per heavy atom. The van der Waals surface area contributed by atoms with Crippen LogP contribution >= 0.6 is 0 Å². The van der Waals surface area contributed by atoms with E-state index in [0.717, 1.165) is 17.0 Å². The Kier molecular flexibility index (Phi) is 3.05. The molecule has 0 saturated carbocycles. The highest BCUT2D eigenvalue weighted by molar-refractivity contribution is 5.50. The number of para-hydroxylation sites is 1. The van der Waals surface area contributed by atoms with Crippen molar-refractivity contribution in [1.82, 2.24) is 0 Å². The van der Waals surface area contributed by atoms with Crippen LogP contribution < -0.4 is 5.32 Å². The van der Waals surface area contributed by atoms with Gasteiger partial charge in [-0.1, -0.05) is 18.2 Å². The van der Waals surface area contributed by atoms with Gasteiger partial charge in [-0.3, -0.25) is 0 Å². The molecular formula is C12H13NO2. The largest absolute Gasteiger partial charge is 0.467 e. The Balaban J connectivity index is 2.04. The second-order valence-corrected chi connectivity index (χ2v) is 3.25. The summed E-state index contributed by atoms with van der Waals surface area (Å²) < 4.78 is 5.20. The lowest BCUT2D eigenvalue weighted by Gasteiger charge is -2.08. The molecule has 0 aliphatic heterocycles. The minimum Gasteiger partial charge on any atom is -0.467 e. The standard InChI is InChI=1S/C12H13NO2/c14-9-10-4-1-2-6-12(10)13-8-11-5-3-7-15-11/h1-7,13-14H,8-9H2. The third-order valence-corrected chi connectivity index (χ3v) is 2.22. The molecule has 1 heterocycles. The predicted octanol–water partition coefficient (Wildman–Crippen LogP) is 2.38. The molecule has 2 aromatic rings. The molecule has 3 heteroatoms. The van der Waals surface area contributed by atoms with Crippen molar-refractivity contribution < 1.29 is 9.52 Å². The predicted molar refractivity (Wildman–Crippen MR) is 58.4 cm³/mol. The minimum atomic E-state index is 0.0430. The Hall–Kier alpha value is -1.74. The highest BCUT2D eigenvalue weighted by atomic mass is 16.3. The summed E-state index contributed by atoms with van der Waals surface area (Å²) in [5.41, 5.74) is 1.83. The molecule has 0 saturated heterocycles. The maximum Gasteiger partial charge on any atom is 0.122 e. The van der Waals surface area contributed by atoms with Crippen LogP contribution in [0.3, 0.4) is 0 Å². The molecule has 0 atom stereocenters. The molecule has 2 N–H and O–H groups in total. The summed E-state index contributed by atoms with van der Waals surface area (Å²) in [6.07, 6.45) is 1.65. The van der Waals surface area contributed by atoms with Crippen molar-refractivity contribution in [2.75, 3.05) is 5.32 Å². The molecule has 78 valence electrons. The van der Waals surface area contributed by atoms with Crippen molar-refractivity contribution in [1.29, 1.82) is 0 Å². The molecule has 1 aromatic carbocycles. The zero-order valence-corrected chi connectivity index (χ0v) is 8.31. The van der Waals surface area contributed by atoms with Gasteiger partial charge in [0.25, 0.3) is 0 Å². The Morgan fingerprint density at radius 1 is 1.13 bits per heavy atom. The van der Waals surface area contributed by atoms with E-state index in [4.69, 9.17) is 9.52 Å². The highest BCUT2D eigenvalue weighted by Crippen LogP contribution is 2.15.